The minimum atomic E-state index is -1.12. The number of aryl methyl sites for hydroxylation is 1. The first kappa shape index (κ1) is 23.1. The number of nitrogens with zero attached hydrogens (tertiary/aromatic N) is 4. The van der Waals surface area contributed by atoms with Crippen molar-refractivity contribution in [2.24, 2.45) is 11.8 Å². The summed E-state index contributed by atoms with van der Waals surface area (Å²) in [6.07, 6.45) is 5.83. The number of carbonyl (C=O) groups is 1. The highest BCUT2D eigenvalue weighted by molar-refractivity contribution is 7.15. The number of hydrogen-bond donors (Lipinski definition) is 3. The topological polar surface area (TPSA) is 130 Å². The molecule has 0 spiro atoms. The minimum absolute atomic E-state index is 0.0278. The number of anilines is 2. The zero-order valence-electron chi connectivity index (χ0n) is 18.8. The standard InChI is InChI=1S/C23H27N5O4S/c1-13-10-16(27-22-24-9-8-19(28-22)32-3)11-17(26-13)18-12-25-21(33-18)23(2,31)15-6-4-14(5-7-15)20(29)30/h8-12,14-15,31H,4-7H2,1-3H3,(H,29,30)(H,24,26,27,28). The molecular formula is C23H27N5O4S. The molecule has 0 radical (unpaired) electrons. The molecule has 1 atom stereocenters. The highest BCUT2D eigenvalue weighted by Crippen LogP contribution is 2.43. The van der Waals surface area contributed by atoms with Crippen LogP contribution in [0, 0.1) is 18.8 Å². The molecule has 10 heteroatoms. The molecule has 1 unspecified atom stereocenters. The van der Waals surface area contributed by atoms with Gasteiger partial charge in [0.15, 0.2) is 0 Å². The summed E-state index contributed by atoms with van der Waals surface area (Å²) in [5.41, 5.74) is 1.20. The maximum absolute atomic E-state index is 11.3. The van der Waals surface area contributed by atoms with Crippen molar-refractivity contribution in [3.63, 3.8) is 0 Å². The second-order valence-electron chi connectivity index (χ2n) is 8.49. The summed E-state index contributed by atoms with van der Waals surface area (Å²) in [5, 5.41) is 24.3. The van der Waals surface area contributed by atoms with Crippen LogP contribution in [0.4, 0.5) is 11.6 Å². The maximum atomic E-state index is 11.3. The summed E-state index contributed by atoms with van der Waals surface area (Å²) in [6, 6.07) is 5.46. The molecule has 0 aromatic carbocycles. The number of thiazole rings is 1. The van der Waals surface area contributed by atoms with Crippen LogP contribution in [-0.4, -0.2) is 43.2 Å². The summed E-state index contributed by atoms with van der Waals surface area (Å²) in [7, 11) is 1.55. The lowest BCUT2D eigenvalue weighted by Crippen LogP contribution is -2.35. The van der Waals surface area contributed by atoms with Crippen molar-refractivity contribution in [2.45, 2.75) is 45.1 Å². The molecule has 1 fully saturated rings. The van der Waals surface area contributed by atoms with Gasteiger partial charge < -0.3 is 20.3 Å². The van der Waals surface area contributed by atoms with Crippen LogP contribution < -0.4 is 10.1 Å². The van der Waals surface area contributed by atoms with E-state index in [1.165, 1.54) is 11.3 Å². The fourth-order valence-electron chi connectivity index (χ4n) is 4.22. The van der Waals surface area contributed by atoms with Crippen LogP contribution in [0.2, 0.25) is 0 Å². The van der Waals surface area contributed by atoms with Crippen LogP contribution in [0.1, 0.15) is 43.3 Å². The fraction of sp³-hybridized carbons (Fsp3) is 0.435. The highest BCUT2D eigenvalue weighted by Gasteiger charge is 2.40. The Labute approximate surface area is 195 Å². The number of carboxylic acid groups (broad SMARTS) is 1. The van der Waals surface area contributed by atoms with Crippen molar-refractivity contribution in [3.05, 3.63) is 41.3 Å². The van der Waals surface area contributed by atoms with Crippen LogP contribution >= 0.6 is 11.3 Å². The Morgan fingerprint density at radius 2 is 1.97 bits per heavy atom. The number of nitrogens with one attached hydrogen (secondary N) is 1. The number of pyridine rings is 1. The third kappa shape index (κ3) is 5.12. The van der Waals surface area contributed by atoms with Gasteiger partial charge in [0.05, 0.1) is 23.6 Å². The average Bonchev–Trinajstić information content (AvgIpc) is 3.30. The van der Waals surface area contributed by atoms with Crippen LogP contribution in [0.3, 0.4) is 0 Å². The molecule has 1 aliphatic rings. The van der Waals surface area contributed by atoms with Crippen molar-refractivity contribution in [3.8, 4) is 16.5 Å². The Morgan fingerprint density at radius 3 is 2.67 bits per heavy atom. The Hall–Kier alpha value is -3.11. The lowest BCUT2D eigenvalue weighted by Gasteiger charge is -2.35. The Bertz CT molecular complexity index is 1140. The summed E-state index contributed by atoms with van der Waals surface area (Å²) in [5.74, 6) is -0.222. The SMILES string of the molecule is COc1ccnc(Nc2cc(C)nc(-c3cnc(C(C)(O)C4CCC(C(=O)O)CC4)s3)c2)n1. The summed E-state index contributed by atoms with van der Waals surface area (Å²) >= 11 is 1.40. The van der Waals surface area contributed by atoms with E-state index in [2.05, 4.69) is 25.3 Å². The van der Waals surface area contributed by atoms with Crippen molar-refractivity contribution >= 4 is 28.9 Å². The van der Waals surface area contributed by atoms with E-state index < -0.39 is 11.6 Å². The van der Waals surface area contributed by atoms with Crippen LogP contribution in [0.25, 0.3) is 10.6 Å². The molecule has 0 amide bonds. The average molecular weight is 470 g/mol. The molecule has 3 heterocycles. The zero-order chi connectivity index (χ0) is 23.6. The first-order valence-electron chi connectivity index (χ1n) is 10.8. The second kappa shape index (κ2) is 9.40. The Morgan fingerprint density at radius 1 is 1.21 bits per heavy atom. The summed E-state index contributed by atoms with van der Waals surface area (Å²) < 4.78 is 5.15. The third-order valence-electron chi connectivity index (χ3n) is 6.11. The first-order chi connectivity index (χ1) is 15.8. The van der Waals surface area contributed by atoms with E-state index in [0.29, 0.717) is 42.5 Å². The molecular weight excluding hydrogens is 442 g/mol. The number of aliphatic carboxylic acids is 1. The van der Waals surface area contributed by atoms with Gasteiger partial charge in [-0.05, 0) is 57.6 Å². The van der Waals surface area contributed by atoms with E-state index in [1.54, 1.807) is 32.5 Å². The van der Waals surface area contributed by atoms with Gasteiger partial charge in [-0.25, -0.2) is 9.97 Å². The Balaban J connectivity index is 1.53. The summed E-state index contributed by atoms with van der Waals surface area (Å²) in [6.45, 7) is 3.68. The van der Waals surface area contributed by atoms with Gasteiger partial charge in [0, 0.05) is 29.8 Å². The fourth-order valence-corrected chi connectivity index (χ4v) is 5.22. The molecule has 3 aromatic rings. The third-order valence-corrected chi connectivity index (χ3v) is 7.36. The van der Waals surface area contributed by atoms with Crippen molar-refractivity contribution in [1.82, 2.24) is 19.9 Å². The molecule has 4 rings (SSSR count). The van der Waals surface area contributed by atoms with Crippen molar-refractivity contribution < 1.29 is 19.7 Å². The van der Waals surface area contributed by atoms with E-state index >= 15 is 0 Å². The smallest absolute Gasteiger partial charge is 0.306 e. The number of ether oxygens (including phenoxy) is 1. The van der Waals surface area contributed by atoms with Crippen LogP contribution in [0.15, 0.2) is 30.6 Å². The normalized spacial score (nSPS) is 20.1. The zero-order valence-corrected chi connectivity index (χ0v) is 19.6. The number of hydrogen-bond acceptors (Lipinski definition) is 9. The van der Waals surface area contributed by atoms with E-state index in [-0.39, 0.29) is 11.8 Å². The molecule has 3 N–H and O–H groups in total. The second-order valence-corrected chi connectivity index (χ2v) is 9.52. The molecule has 0 bridgehead atoms. The number of aromatic nitrogens is 4. The van der Waals surface area contributed by atoms with E-state index in [1.807, 2.05) is 19.1 Å². The summed E-state index contributed by atoms with van der Waals surface area (Å²) in [4.78, 5) is 29.7. The molecule has 1 saturated carbocycles. The van der Waals surface area contributed by atoms with E-state index in [0.717, 1.165) is 22.0 Å². The van der Waals surface area contributed by atoms with Gasteiger partial charge in [-0.1, -0.05) is 0 Å². The van der Waals surface area contributed by atoms with Gasteiger partial charge in [-0.2, -0.15) is 4.98 Å². The van der Waals surface area contributed by atoms with E-state index in [9.17, 15) is 15.0 Å². The number of carboxylic acids is 1. The van der Waals surface area contributed by atoms with Gasteiger partial charge in [-0.3, -0.25) is 9.78 Å². The molecule has 0 aliphatic heterocycles. The largest absolute Gasteiger partial charge is 0.481 e. The molecule has 3 aromatic heterocycles. The van der Waals surface area contributed by atoms with Crippen molar-refractivity contribution in [1.29, 1.82) is 0 Å². The number of rotatable bonds is 7. The molecule has 33 heavy (non-hydrogen) atoms. The highest BCUT2D eigenvalue weighted by atomic mass is 32.1. The van der Waals surface area contributed by atoms with Gasteiger partial charge in [0.1, 0.15) is 10.6 Å². The van der Waals surface area contributed by atoms with Gasteiger partial charge in [0.2, 0.25) is 11.8 Å². The van der Waals surface area contributed by atoms with Crippen molar-refractivity contribution in [2.75, 3.05) is 12.4 Å². The predicted molar refractivity (Wildman–Crippen MR) is 125 cm³/mol. The number of methoxy groups -OCH3 is 1. The minimum Gasteiger partial charge on any atom is -0.481 e. The lowest BCUT2D eigenvalue weighted by molar-refractivity contribution is -0.144. The van der Waals surface area contributed by atoms with Gasteiger partial charge in [0.25, 0.3) is 0 Å². The number of aliphatic hydroxyl groups is 1. The van der Waals surface area contributed by atoms with Crippen LogP contribution in [-0.2, 0) is 10.4 Å². The Kier molecular flexibility index (Phi) is 6.57. The first-order valence-corrected chi connectivity index (χ1v) is 11.6. The van der Waals surface area contributed by atoms with Gasteiger partial charge >= 0.3 is 5.97 Å². The maximum Gasteiger partial charge on any atom is 0.306 e. The monoisotopic (exact) mass is 469 g/mol. The molecule has 9 nitrogen and oxygen atoms in total. The predicted octanol–water partition coefficient (Wildman–Crippen LogP) is 4.15. The van der Waals surface area contributed by atoms with E-state index in [4.69, 9.17) is 4.74 Å². The molecule has 1 aliphatic carbocycles. The quantitative estimate of drug-likeness (QED) is 0.467. The van der Waals surface area contributed by atoms with Crippen LogP contribution in [0.5, 0.6) is 5.88 Å². The molecule has 0 saturated heterocycles. The molecule has 174 valence electrons. The lowest BCUT2D eigenvalue weighted by atomic mass is 9.74. The van der Waals surface area contributed by atoms with Gasteiger partial charge in [-0.15, -0.1) is 11.3 Å².